The number of fused-ring (bicyclic) bond motifs is 1. The first-order valence-electron chi connectivity index (χ1n) is 11.8. The van der Waals surface area contributed by atoms with Crippen molar-refractivity contribution in [1.29, 1.82) is 0 Å². The molecule has 10 heteroatoms. The smallest absolute Gasteiger partial charge is 0.416 e. The van der Waals surface area contributed by atoms with Crippen molar-refractivity contribution in [3.63, 3.8) is 0 Å². The van der Waals surface area contributed by atoms with Crippen molar-refractivity contribution < 1.29 is 27.8 Å². The fraction of sp³-hybridized carbons (Fsp3) is 0.480. The zero-order valence-electron chi connectivity index (χ0n) is 19.1. The van der Waals surface area contributed by atoms with E-state index in [-0.39, 0.29) is 12.7 Å². The molecule has 2 aliphatic rings. The van der Waals surface area contributed by atoms with E-state index in [1.807, 2.05) is 12.1 Å². The van der Waals surface area contributed by atoms with E-state index in [2.05, 4.69) is 19.9 Å². The summed E-state index contributed by atoms with van der Waals surface area (Å²) in [6, 6.07) is 7.30. The van der Waals surface area contributed by atoms with Gasteiger partial charge in [-0.2, -0.15) is 13.2 Å². The molecule has 3 aromatic rings. The van der Waals surface area contributed by atoms with Crippen LogP contribution in [0.4, 0.5) is 19.0 Å². The standard InChI is InChI=1S/C25H27F3N4O3/c26-25(27,28)17-2-3-19-20(13-17)31-23(30-19)16-1-4-21(29-14-16)32-11-9-24(10-12-32)7-5-18(6-8-24)35-15-22(33)34/h1-4,13-14,18H,5-12,15H2,(H,30,31)(H,33,34). The molecular weight excluding hydrogens is 461 g/mol. The zero-order chi connectivity index (χ0) is 24.6. The number of hydrogen-bond acceptors (Lipinski definition) is 5. The maximum absolute atomic E-state index is 13.0. The van der Waals surface area contributed by atoms with Crippen LogP contribution in [-0.4, -0.2) is 51.8 Å². The number of aromatic amines is 1. The molecule has 7 nitrogen and oxygen atoms in total. The maximum atomic E-state index is 13.0. The van der Waals surface area contributed by atoms with Gasteiger partial charge in [0.1, 0.15) is 18.2 Å². The number of aromatic nitrogens is 3. The van der Waals surface area contributed by atoms with Crippen LogP contribution >= 0.6 is 0 Å². The summed E-state index contributed by atoms with van der Waals surface area (Å²) < 4.78 is 44.4. The summed E-state index contributed by atoms with van der Waals surface area (Å²) in [5.74, 6) is 0.434. The van der Waals surface area contributed by atoms with Crippen LogP contribution in [0.15, 0.2) is 36.5 Å². The molecule has 35 heavy (non-hydrogen) atoms. The van der Waals surface area contributed by atoms with Crippen molar-refractivity contribution >= 4 is 22.8 Å². The van der Waals surface area contributed by atoms with Crippen LogP contribution in [0.25, 0.3) is 22.4 Å². The van der Waals surface area contributed by atoms with Crippen LogP contribution < -0.4 is 4.90 Å². The number of imidazole rings is 1. The lowest BCUT2D eigenvalue weighted by Gasteiger charge is -2.46. The summed E-state index contributed by atoms with van der Waals surface area (Å²) in [6.45, 7) is 1.57. The van der Waals surface area contributed by atoms with Crippen molar-refractivity contribution in [3.05, 3.63) is 42.1 Å². The summed E-state index contributed by atoms with van der Waals surface area (Å²) >= 11 is 0. The number of nitrogens with zero attached hydrogens (tertiary/aromatic N) is 3. The van der Waals surface area contributed by atoms with E-state index in [4.69, 9.17) is 9.84 Å². The van der Waals surface area contributed by atoms with Crippen LogP contribution in [0.1, 0.15) is 44.1 Å². The van der Waals surface area contributed by atoms with Crippen molar-refractivity contribution in [2.75, 3.05) is 24.6 Å². The largest absolute Gasteiger partial charge is 0.480 e. The second-order valence-electron chi connectivity index (χ2n) is 9.61. The first-order chi connectivity index (χ1) is 16.7. The van der Waals surface area contributed by atoms with Crippen LogP contribution in [0, 0.1) is 5.41 Å². The predicted molar refractivity (Wildman–Crippen MR) is 124 cm³/mol. The molecule has 1 aromatic carbocycles. The summed E-state index contributed by atoms with van der Waals surface area (Å²) in [4.78, 5) is 25.0. The van der Waals surface area contributed by atoms with Gasteiger partial charge in [0.25, 0.3) is 0 Å². The lowest BCUT2D eigenvalue weighted by molar-refractivity contribution is -0.145. The molecule has 1 spiro atoms. The summed E-state index contributed by atoms with van der Waals surface area (Å²) in [5.41, 5.74) is 1.11. The topological polar surface area (TPSA) is 91.3 Å². The van der Waals surface area contributed by atoms with Gasteiger partial charge in [0, 0.05) is 24.8 Å². The molecule has 1 saturated heterocycles. The van der Waals surface area contributed by atoms with E-state index < -0.39 is 17.7 Å². The number of benzene rings is 1. The van der Waals surface area contributed by atoms with Gasteiger partial charge >= 0.3 is 12.1 Å². The van der Waals surface area contributed by atoms with E-state index in [0.717, 1.165) is 69.6 Å². The average molecular weight is 489 g/mol. The third-order valence-corrected chi connectivity index (χ3v) is 7.41. The molecule has 2 fully saturated rings. The van der Waals surface area contributed by atoms with Crippen molar-refractivity contribution in [1.82, 2.24) is 15.0 Å². The summed E-state index contributed by atoms with van der Waals surface area (Å²) in [6.07, 6.45) is 3.39. The number of anilines is 1. The second kappa shape index (κ2) is 9.14. The second-order valence-corrected chi connectivity index (χ2v) is 9.61. The molecule has 2 aromatic heterocycles. The van der Waals surface area contributed by atoms with Gasteiger partial charge in [-0.25, -0.2) is 14.8 Å². The Bertz CT molecular complexity index is 1190. The normalized spacial score (nSPS) is 18.9. The number of halogens is 3. The molecule has 5 rings (SSSR count). The molecule has 2 N–H and O–H groups in total. The number of carbonyl (C=O) groups is 1. The fourth-order valence-electron chi connectivity index (χ4n) is 5.31. The molecule has 0 bridgehead atoms. The Morgan fingerprint density at radius 1 is 1.14 bits per heavy atom. The van der Waals surface area contributed by atoms with E-state index in [1.165, 1.54) is 6.07 Å². The van der Waals surface area contributed by atoms with Crippen LogP contribution in [0.3, 0.4) is 0 Å². The Balaban J connectivity index is 1.20. The first kappa shape index (κ1) is 23.6. The van der Waals surface area contributed by atoms with Gasteiger partial charge in [0.05, 0.1) is 22.7 Å². The lowest BCUT2D eigenvalue weighted by atomic mass is 9.67. The van der Waals surface area contributed by atoms with Crippen LogP contribution in [0.2, 0.25) is 0 Å². The molecule has 1 saturated carbocycles. The number of rotatable bonds is 5. The minimum Gasteiger partial charge on any atom is -0.480 e. The minimum absolute atomic E-state index is 0.0438. The number of carboxylic acids is 1. The molecule has 0 amide bonds. The van der Waals surface area contributed by atoms with Gasteiger partial charge in [-0.05, 0) is 74.3 Å². The number of hydrogen-bond donors (Lipinski definition) is 2. The van der Waals surface area contributed by atoms with Crippen molar-refractivity contribution in [3.8, 4) is 11.4 Å². The molecule has 1 aliphatic heterocycles. The van der Waals surface area contributed by atoms with Gasteiger partial charge in [-0.3, -0.25) is 0 Å². The Hall–Kier alpha value is -3.14. The number of pyridine rings is 1. The Kier molecular flexibility index (Phi) is 6.16. The van der Waals surface area contributed by atoms with Gasteiger partial charge in [0.2, 0.25) is 0 Å². The highest BCUT2D eigenvalue weighted by Gasteiger charge is 2.38. The number of nitrogens with one attached hydrogen (secondary N) is 1. The number of H-pyrrole nitrogens is 1. The van der Waals surface area contributed by atoms with Gasteiger partial charge < -0.3 is 19.7 Å². The van der Waals surface area contributed by atoms with Crippen LogP contribution in [0.5, 0.6) is 0 Å². The Morgan fingerprint density at radius 3 is 2.51 bits per heavy atom. The third kappa shape index (κ3) is 5.12. The highest BCUT2D eigenvalue weighted by molar-refractivity contribution is 5.80. The molecule has 0 unspecified atom stereocenters. The fourth-order valence-corrected chi connectivity index (χ4v) is 5.31. The van der Waals surface area contributed by atoms with Gasteiger partial charge in [-0.1, -0.05) is 0 Å². The van der Waals surface area contributed by atoms with Crippen molar-refractivity contribution in [2.45, 2.75) is 50.8 Å². The minimum atomic E-state index is -4.40. The van der Waals surface area contributed by atoms with E-state index in [9.17, 15) is 18.0 Å². The SMILES string of the molecule is O=C(O)COC1CCC2(CC1)CCN(c1ccc(-c3nc4ccc(C(F)(F)F)cc4[nH]3)cn1)CC2. The number of piperidine rings is 1. The van der Waals surface area contributed by atoms with Gasteiger partial charge in [-0.15, -0.1) is 0 Å². The number of ether oxygens (including phenoxy) is 1. The highest BCUT2D eigenvalue weighted by atomic mass is 19.4. The van der Waals surface area contributed by atoms with E-state index in [0.29, 0.717) is 27.8 Å². The number of carboxylic acid groups (broad SMARTS) is 1. The molecule has 1 aliphatic carbocycles. The summed E-state index contributed by atoms with van der Waals surface area (Å²) in [7, 11) is 0. The molecule has 0 radical (unpaired) electrons. The average Bonchev–Trinajstić information content (AvgIpc) is 3.27. The quantitative estimate of drug-likeness (QED) is 0.508. The molecule has 186 valence electrons. The lowest BCUT2D eigenvalue weighted by Crippen LogP contribution is -2.43. The monoisotopic (exact) mass is 488 g/mol. The maximum Gasteiger partial charge on any atom is 0.416 e. The summed E-state index contributed by atoms with van der Waals surface area (Å²) in [5, 5.41) is 8.80. The van der Waals surface area contributed by atoms with Crippen molar-refractivity contribution in [2.24, 2.45) is 5.41 Å². The van der Waals surface area contributed by atoms with E-state index >= 15 is 0 Å². The highest BCUT2D eigenvalue weighted by Crippen LogP contribution is 2.45. The molecule has 0 atom stereocenters. The number of aliphatic carboxylic acids is 1. The first-order valence-corrected chi connectivity index (χ1v) is 11.8. The van der Waals surface area contributed by atoms with Gasteiger partial charge in [0.15, 0.2) is 0 Å². The van der Waals surface area contributed by atoms with E-state index in [1.54, 1.807) is 6.20 Å². The number of alkyl halides is 3. The zero-order valence-corrected chi connectivity index (χ0v) is 19.1. The van der Waals surface area contributed by atoms with Crippen LogP contribution in [-0.2, 0) is 15.7 Å². The molecule has 3 heterocycles. The Labute approximate surface area is 200 Å². The third-order valence-electron chi connectivity index (χ3n) is 7.41. The Morgan fingerprint density at radius 2 is 1.89 bits per heavy atom. The molecular formula is C25H27F3N4O3. The predicted octanol–water partition coefficient (Wildman–Crippen LogP) is 5.27.